The van der Waals surface area contributed by atoms with Gasteiger partial charge in [-0.25, -0.2) is 13.6 Å². The number of piperidine rings is 1. The number of hydrogen-bond acceptors (Lipinski definition) is 5. The molecule has 1 fully saturated rings. The van der Waals surface area contributed by atoms with E-state index in [1.807, 2.05) is 0 Å². The Morgan fingerprint density at radius 2 is 1.76 bits per heavy atom. The average molecular weight is 465 g/mol. The van der Waals surface area contributed by atoms with Gasteiger partial charge in [0.05, 0.1) is 28.4 Å². The molecule has 9 heteroatoms. The van der Waals surface area contributed by atoms with E-state index in [1.165, 1.54) is 29.1 Å². The molecular weight excluding hydrogens is 444 g/mol. The molecule has 0 bridgehead atoms. The van der Waals surface area contributed by atoms with Crippen molar-refractivity contribution in [2.24, 2.45) is 7.05 Å². The summed E-state index contributed by atoms with van der Waals surface area (Å²) in [6.45, 7) is 0.712. The van der Waals surface area contributed by atoms with Crippen LogP contribution in [-0.2, 0) is 12.6 Å². The lowest BCUT2D eigenvalue weighted by Gasteiger charge is -2.39. The largest absolute Gasteiger partial charge is 0.477 e. The third-order valence-corrected chi connectivity index (χ3v) is 6.65. The Morgan fingerprint density at radius 1 is 1.09 bits per heavy atom. The van der Waals surface area contributed by atoms with Crippen molar-refractivity contribution >= 4 is 33.5 Å². The van der Waals surface area contributed by atoms with Crippen molar-refractivity contribution in [3.8, 4) is 0 Å². The second-order valence-electron chi connectivity index (χ2n) is 8.63. The average Bonchev–Trinajstić information content (AvgIpc) is 2.82. The van der Waals surface area contributed by atoms with Gasteiger partial charge in [-0.2, -0.15) is 0 Å². The van der Waals surface area contributed by atoms with Gasteiger partial charge in [0.1, 0.15) is 16.9 Å². The molecule has 2 aromatic heterocycles. The van der Waals surface area contributed by atoms with Crippen molar-refractivity contribution in [2.45, 2.75) is 18.4 Å². The van der Waals surface area contributed by atoms with Gasteiger partial charge in [-0.05, 0) is 42.7 Å². The predicted octanol–water partition coefficient (Wildman–Crippen LogP) is 3.55. The molecule has 0 saturated carbocycles. The van der Waals surface area contributed by atoms with E-state index in [-0.39, 0.29) is 27.8 Å². The van der Waals surface area contributed by atoms with E-state index in [0.29, 0.717) is 37.0 Å². The third-order valence-electron chi connectivity index (χ3n) is 6.65. The summed E-state index contributed by atoms with van der Waals surface area (Å²) in [6, 6.07) is 8.85. The number of hydrogen-bond donors (Lipinski definition) is 2. The summed E-state index contributed by atoms with van der Waals surface area (Å²) in [6.07, 6.45) is 3.23. The van der Waals surface area contributed by atoms with Crippen LogP contribution in [0.25, 0.3) is 21.8 Å². The summed E-state index contributed by atoms with van der Waals surface area (Å²) < 4.78 is 30.3. The van der Waals surface area contributed by atoms with Gasteiger partial charge in [-0.15, -0.1) is 0 Å². The van der Waals surface area contributed by atoms with Gasteiger partial charge in [-0.3, -0.25) is 9.78 Å². The quantitative estimate of drug-likeness (QED) is 0.450. The molecule has 0 aliphatic carbocycles. The zero-order chi connectivity index (χ0) is 24.2. The van der Waals surface area contributed by atoms with Gasteiger partial charge in [0, 0.05) is 31.7 Å². The van der Waals surface area contributed by atoms with Crippen molar-refractivity contribution in [3.63, 3.8) is 0 Å². The number of benzene rings is 2. The van der Waals surface area contributed by atoms with Crippen LogP contribution in [0.5, 0.6) is 0 Å². The minimum atomic E-state index is -1.36. The Labute approximate surface area is 192 Å². The summed E-state index contributed by atoms with van der Waals surface area (Å²) in [5.41, 5.74) is -0.949. The Bertz CT molecular complexity index is 1510. The molecule has 0 spiro atoms. The molecule has 2 aromatic carbocycles. The number of halogens is 2. The molecule has 174 valence electrons. The standard InChI is InChI=1S/C25H21F2N3O4/c1-29-13-17(24(32)33)23(31)20-16-6-7-18(21(27)22(16)28-12-19(20)29)30-10-8-25(34,9-11-30)14-2-4-15(26)5-3-14/h2-7,12-13,34H,8-11H2,1H3,(H,32,33). The van der Waals surface area contributed by atoms with E-state index >= 15 is 4.39 Å². The number of anilines is 1. The summed E-state index contributed by atoms with van der Waals surface area (Å²) in [5, 5.41) is 20.8. The molecule has 2 N–H and O–H groups in total. The minimum Gasteiger partial charge on any atom is -0.477 e. The molecule has 0 atom stereocenters. The molecule has 1 aliphatic rings. The highest BCUT2D eigenvalue weighted by Gasteiger charge is 2.35. The molecule has 5 rings (SSSR count). The monoisotopic (exact) mass is 465 g/mol. The Balaban J connectivity index is 1.53. The van der Waals surface area contributed by atoms with Crippen molar-refractivity contribution in [2.75, 3.05) is 18.0 Å². The second-order valence-corrected chi connectivity index (χ2v) is 8.63. The van der Waals surface area contributed by atoms with E-state index in [4.69, 9.17) is 0 Å². The van der Waals surface area contributed by atoms with Crippen molar-refractivity contribution in [1.82, 2.24) is 9.55 Å². The van der Waals surface area contributed by atoms with E-state index in [1.54, 1.807) is 36.2 Å². The molecule has 1 aliphatic heterocycles. The highest BCUT2D eigenvalue weighted by molar-refractivity contribution is 6.07. The first-order valence-corrected chi connectivity index (χ1v) is 10.8. The lowest BCUT2D eigenvalue weighted by Crippen LogP contribution is -2.43. The van der Waals surface area contributed by atoms with Gasteiger partial charge in [0.25, 0.3) is 0 Å². The molecular formula is C25H21F2N3O4. The van der Waals surface area contributed by atoms with Crippen LogP contribution in [0.2, 0.25) is 0 Å². The van der Waals surface area contributed by atoms with Gasteiger partial charge in [-0.1, -0.05) is 12.1 Å². The fraction of sp³-hybridized carbons (Fsp3) is 0.240. The van der Waals surface area contributed by atoms with E-state index < -0.39 is 28.4 Å². The summed E-state index contributed by atoms with van der Waals surface area (Å²) >= 11 is 0. The molecule has 3 heterocycles. The summed E-state index contributed by atoms with van der Waals surface area (Å²) in [7, 11) is 1.60. The number of aryl methyl sites for hydroxylation is 1. The number of carboxylic acid groups (broad SMARTS) is 1. The number of fused-ring (bicyclic) bond motifs is 3. The first kappa shape index (κ1) is 22.0. The smallest absolute Gasteiger partial charge is 0.341 e. The lowest BCUT2D eigenvalue weighted by molar-refractivity contribution is 0.0116. The number of pyridine rings is 2. The normalized spacial score (nSPS) is 15.7. The maximum absolute atomic E-state index is 15.6. The third kappa shape index (κ3) is 3.40. The van der Waals surface area contributed by atoms with Crippen molar-refractivity contribution in [3.05, 3.63) is 81.8 Å². The maximum atomic E-state index is 15.6. The Kier molecular flexibility index (Phi) is 5.09. The van der Waals surface area contributed by atoms with Crippen LogP contribution in [-0.4, -0.2) is 38.8 Å². The molecule has 34 heavy (non-hydrogen) atoms. The number of aromatic carboxylic acids is 1. The number of carbonyl (C=O) groups is 1. The fourth-order valence-corrected chi connectivity index (χ4v) is 4.74. The first-order chi connectivity index (χ1) is 16.2. The van der Waals surface area contributed by atoms with Crippen molar-refractivity contribution < 1.29 is 23.8 Å². The summed E-state index contributed by atoms with van der Waals surface area (Å²) in [4.78, 5) is 30.4. The van der Waals surface area contributed by atoms with Crippen LogP contribution in [0.15, 0.2) is 53.6 Å². The maximum Gasteiger partial charge on any atom is 0.341 e. The number of nitrogens with zero attached hydrogens (tertiary/aromatic N) is 3. The van der Waals surface area contributed by atoms with Crippen LogP contribution in [0.1, 0.15) is 28.8 Å². The number of rotatable bonds is 3. The number of aromatic nitrogens is 2. The number of aliphatic hydroxyl groups is 1. The fourth-order valence-electron chi connectivity index (χ4n) is 4.74. The lowest BCUT2D eigenvalue weighted by atomic mass is 9.84. The van der Waals surface area contributed by atoms with Crippen LogP contribution in [0, 0.1) is 11.6 Å². The molecule has 1 saturated heterocycles. The van der Waals surface area contributed by atoms with Crippen molar-refractivity contribution in [1.29, 1.82) is 0 Å². The molecule has 0 radical (unpaired) electrons. The first-order valence-electron chi connectivity index (χ1n) is 10.8. The van der Waals surface area contributed by atoms with Gasteiger partial charge in [0.2, 0.25) is 5.43 Å². The van der Waals surface area contributed by atoms with Crippen LogP contribution >= 0.6 is 0 Å². The van der Waals surface area contributed by atoms with E-state index in [2.05, 4.69) is 4.98 Å². The second kappa shape index (κ2) is 7.88. The zero-order valence-corrected chi connectivity index (χ0v) is 18.3. The van der Waals surface area contributed by atoms with Gasteiger partial charge >= 0.3 is 5.97 Å². The van der Waals surface area contributed by atoms with Gasteiger partial charge in [0.15, 0.2) is 5.82 Å². The van der Waals surface area contributed by atoms with Crippen LogP contribution in [0.4, 0.5) is 14.5 Å². The zero-order valence-electron chi connectivity index (χ0n) is 18.3. The molecule has 7 nitrogen and oxygen atoms in total. The van der Waals surface area contributed by atoms with E-state index in [0.717, 1.165) is 0 Å². The highest BCUT2D eigenvalue weighted by Crippen LogP contribution is 2.37. The highest BCUT2D eigenvalue weighted by atomic mass is 19.1. The Hall–Kier alpha value is -3.85. The van der Waals surface area contributed by atoms with Crippen LogP contribution < -0.4 is 10.3 Å². The van der Waals surface area contributed by atoms with Crippen LogP contribution in [0.3, 0.4) is 0 Å². The molecule has 0 unspecified atom stereocenters. The topological polar surface area (TPSA) is 95.7 Å². The van der Waals surface area contributed by atoms with E-state index in [9.17, 15) is 24.2 Å². The molecule has 0 amide bonds. The summed E-state index contributed by atoms with van der Waals surface area (Å²) in [5.74, 6) is -2.35. The Morgan fingerprint density at radius 3 is 2.41 bits per heavy atom. The SMILES string of the molecule is Cn1cc(C(=O)O)c(=O)c2c3ccc(N4CCC(O)(c5ccc(F)cc5)CC4)c(F)c3ncc21. The van der Waals surface area contributed by atoms with Gasteiger partial charge < -0.3 is 19.7 Å². The predicted molar refractivity (Wildman–Crippen MR) is 123 cm³/mol. The molecule has 4 aromatic rings. The number of carboxylic acids is 1. The minimum absolute atomic E-state index is 0.0241.